The van der Waals surface area contributed by atoms with Crippen molar-refractivity contribution >= 4 is 57.5 Å². The molecule has 0 saturated carbocycles. The molecule has 0 N–H and O–H groups in total. The van der Waals surface area contributed by atoms with Crippen molar-refractivity contribution in [3.8, 4) is 5.75 Å². The van der Waals surface area contributed by atoms with Crippen molar-refractivity contribution in [3.63, 3.8) is 0 Å². The molecule has 0 spiro atoms. The number of carbonyl (C=O) groups excluding carboxylic acids is 3. The summed E-state index contributed by atoms with van der Waals surface area (Å²) in [5.41, 5.74) is 0.105. The number of imide groups is 1. The average Bonchev–Trinajstić information content (AvgIpc) is 2.76. The maximum Gasteiger partial charge on any atom is 0.326 e. The topological polar surface area (TPSA) is 72.9 Å². The largest absolute Gasteiger partial charge is 0.493 e. The van der Waals surface area contributed by atoms with Crippen LogP contribution in [0.4, 0.5) is 4.79 Å². The second kappa shape index (κ2) is 8.43. The first-order chi connectivity index (χ1) is 12.1. The van der Waals surface area contributed by atoms with E-state index >= 15 is 0 Å². The van der Waals surface area contributed by atoms with Crippen molar-refractivity contribution in [1.29, 1.82) is 0 Å². The van der Waals surface area contributed by atoms with Crippen LogP contribution in [0.2, 0.25) is 0 Å². The first-order valence-electron chi connectivity index (χ1n) is 8.00. The Morgan fingerprint density at radius 1 is 1.31 bits per heavy atom. The lowest BCUT2D eigenvalue weighted by Crippen LogP contribution is -2.37. The van der Waals surface area contributed by atoms with Crippen LogP contribution >= 0.6 is 34.4 Å². The number of hydrogen-bond acceptors (Lipinski definition) is 6. The summed E-state index contributed by atoms with van der Waals surface area (Å²) in [6, 6.07) is 5.50. The Morgan fingerprint density at radius 3 is 2.58 bits per heavy atom. The van der Waals surface area contributed by atoms with Gasteiger partial charge in [-0.2, -0.15) is 0 Å². The van der Waals surface area contributed by atoms with Crippen LogP contribution in [0.3, 0.4) is 0 Å². The normalized spacial score (nSPS) is 16.3. The van der Waals surface area contributed by atoms with Gasteiger partial charge in [0.15, 0.2) is 0 Å². The Bertz CT molecular complexity index is 769. The molecule has 1 fully saturated rings. The average molecular weight is 489 g/mol. The molecular weight excluding hydrogens is 469 g/mol. The molecule has 0 radical (unpaired) electrons. The van der Waals surface area contributed by atoms with Crippen molar-refractivity contribution in [3.05, 3.63) is 32.2 Å². The zero-order valence-corrected chi connectivity index (χ0v) is 18.0. The highest BCUT2D eigenvalue weighted by molar-refractivity contribution is 14.1. The van der Waals surface area contributed by atoms with Crippen molar-refractivity contribution < 1.29 is 23.9 Å². The van der Waals surface area contributed by atoms with Crippen LogP contribution in [-0.2, 0) is 14.3 Å². The molecule has 0 unspecified atom stereocenters. The molecule has 26 heavy (non-hydrogen) atoms. The first-order valence-corrected chi connectivity index (χ1v) is 9.90. The lowest BCUT2D eigenvalue weighted by atomic mass is 10.2. The number of nitrogens with zero attached hydrogens (tertiary/aromatic N) is 1. The number of rotatable bonds is 5. The predicted octanol–water partition coefficient (Wildman–Crippen LogP) is 4.07. The lowest BCUT2D eigenvalue weighted by molar-refractivity contribution is -0.156. The molecule has 2 rings (SSSR count). The highest BCUT2D eigenvalue weighted by atomic mass is 127. The van der Waals surface area contributed by atoms with Gasteiger partial charge in [-0.1, -0.05) is 6.07 Å². The lowest BCUT2D eigenvalue weighted by Gasteiger charge is -2.21. The minimum Gasteiger partial charge on any atom is -0.493 e. The molecule has 1 aliphatic heterocycles. The molecule has 2 amide bonds. The van der Waals surface area contributed by atoms with E-state index in [4.69, 9.17) is 9.47 Å². The van der Waals surface area contributed by atoms with Gasteiger partial charge >= 0.3 is 5.97 Å². The minimum absolute atomic E-state index is 0.276. The van der Waals surface area contributed by atoms with E-state index in [2.05, 4.69) is 22.6 Å². The molecule has 1 aliphatic rings. The van der Waals surface area contributed by atoms with Gasteiger partial charge < -0.3 is 9.47 Å². The van der Waals surface area contributed by atoms with Gasteiger partial charge in [0, 0.05) is 0 Å². The Kier molecular flexibility index (Phi) is 6.73. The van der Waals surface area contributed by atoms with Gasteiger partial charge in [-0.3, -0.25) is 19.3 Å². The highest BCUT2D eigenvalue weighted by Crippen LogP contribution is 2.33. The van der Waals surface area contributed by atoms with Crippen LogP contribution in [0.15, 0.2) is 23.1 Å². The fourth-order valence-electron chi connectivity index (χ4n) is 2.17. The SMILES string of the molecule is CCOc1ccc(C=C2SC(=O)N(CC(=O)OC(C)(C)C)C2=O)cc1I. The minimum atomic E-state index is -0.673. The molecule has 140 valence electrons. The van der Waals surface area contributed by atoms with Crippen LogP contribution in [0.5, 0.6) is 5.75 Å². The van der Waals surface area contributed by atoms with Crippen LogP contribution in [0, 0.1) is 3.57 Å². The third-order valence-corrected chi connectivity index (χ3v) is 4.88. The third-order valence-electron chi connectivity index (χ3n) is 3.13. The van der Waals surface area contributed by atoms with Crippen LogP contribution in [0.1, 0.15) is 33.3 Å². The quantitative estimate of drug-likeness (QED) is 0.353. The molecular formula is C18H20INO5S. The first kappa shape index (κ1) is 20.8. The van der Waals surface area contributed by atoms with E-state index in [1.807, 2.05) is 25.1 Å². The van der Waals surface area contributed by atoms with E-state index in [0.717, 1.165) is 31.5 Å². The molecule has 0 bridgehead atoms. The van der Waals surface area contributed by atoms with Gasteiger partial charge in [-0.15, -0.1) is 0 Å². The van der Waals surface area contributed by atoms with E-state index in [9.17, 15) is 14.4 Å². The smallest absolute Gasteiger partial charge is 0.326 e. The summed E-state index contributed by atoms with van der Waals surface area (Å²) in [6.07, 6.45) is 1.64. The number of halogens is 1. The molecule has 1 aromatic rings. The Balaban J connectivity index is 2.14. The van der Waals surface area contributed by atoms with E-state index in [1.54, 1.807) is 26.8 Å². The molecule has 0 aromatic heterocycles. The standard InChI is InChI=1S/C18H20INO5S/c1-5-24-13-7-6-11(8-12(13)19)9-14-16(22)20(17(23)26-14)10-15(21)25-18(2,3)4/h6-9H,5,10H2,1-4H3. The molecule has 1 saturated heterocycles. The van der Waals surface area contributed by atoms with Crippen molar-refractivity contribution in [2.45, 2.75) is 33.3 Å². The van der Waals surface area contributed by atoms with Crippen molar-refractivity contribution in [2.24, 2.45) is 0 Å². The summed E-state index contributed by atoms with van der Waals surface area (Å²) < 4.78 is 11.6. The van der Waals surface area contributed by atoms with E-state index in [1.165, 1.54) is 0 Å². The van der Waals surface area contributed by atoms with Crippen molar-refractivity contribution in [1.82, 2.24) is 4.90 Å². The molecule has 0 atom stereocenters. The van der Waals surface area contributed by atoms with Gasteiger partial charge in [-0.05, 0) is 85.8 Å². The maximum atomic E-state index is 12.5. The second-order valence-corrected chi connectivity index (χ2v) is 8.63. The Labute approximate surface area is 170 Å². The zero-order valence-electron chi connectivity index (χ0n) is 15.0. The van der Waals surface area contributed by atoms with E-state index in [0.29, 0.717) is 6.61 Å². The number of thioether (sulfide) groups is 1. The van der Waals surface area contributed by atoms with Gasteiger partial charge in [0.2, 0.25) is 0 Å². The van der Waals surface area contributed by atoms with Crippen LogP contribution in [0.25, 0.3) is 6.08 Å². The number of amides is 2. The van der Waals surface area contributed by atoms with E-state index in [-0.39, 0.29) is 11.4 Å². The van der Waals surface area contributed by atoms with Gasteiger partial charge in [0.25, 0.3) is 11.1 Å². The molecule has 0 aliphatic carbocycles. The van der Waals surface area contributed by atoms with Crippen LogP contribution < -0.4 is 4.74 Å². The summed E-state index contributed by atoms with van der Waals surface area (Å²) in [6.45, 7) is 7.27. The van der Waals surface area contributed by atoms with Gasteiger partial charge in [0.1, 0.15) is 17.9 Å². The molecule has 6 nitrogen and oxygen atoms in total. The molecule has 1 aromatic carbocycles. The summed E-state index contributed by atoms with van der Waals surface area (Å²) in [5, 5.41) is -0.479. The fraction of sp³-hybridized carbons (Fsp3) is 0.389. The van der Waals surface area contributed by atoms with Gasteiger partial charge in [-0.25, -0.2) is 0 Å². The van der Waals surface area contributed by atoms with E-state index < -0.39 is 22.7 Å². The summed E-state index contributed by atoms with van der Waals surface area (Å²) >= 11 is 2.97. The maximum absolute atomic E-state index is 12.5. The highest BCUT2D eigenvalue weighted by Gasteiger charge is 2.37. The second-order valence-electron chi connectivity index (χ2n) is 6.48. The monoisotopic (exact) mass is 489 g/mol. The number of esters is 1. The number of carbonyl (C=O) groups is 3. The fourth-order valence-corrected chi connectivity index (χ4v) is 3.70. The van der Waals surface area contributed by atoms with Gasteiger partial charge in [0.05, 0.1) is 15.1 Å². The number of ether oxygens (including phenoxy) is 2. The third kappa shape index (κ3) is 5.47. The summed E-state index contributed by atoms with van der Waals surface area (Å²) in [4.78, 5) is 37.6. The Morgan fingerprint density at radius 2 is 2.00 bits per heavy atom. The number of hydrogen-bond donors (Lipinski definition) is 0. The molecule has 8 heteroatoms. The molecule has 1 heterocycles. The number of benzene rings is 1. The van der Waals surface area contributed by atoms with Crippen LogP contribution in [-0.4, -0.2) is 40.8 Å². The zero-order chi connectivity index (χ0) is 19.5. The Hall–Kier alpha value is -1.55. The summed E-state index contributed by atoms with van der Waals surface area (Å²) in [5.74, 6) is -0.338. The predicted molar refractivity (Wildman–Crippen MR) is 109 cm³/mol. The van der Waals surface area contributed by atoms with Crippen molar-refractivity contribution in [2.75, 3.05) is 13.2 Å². The summed E-state index contributed by atoms with van der Waals surface area (Å²) in [7, 11) is 0.